The van der Waals surface area contributed by atoms with E-state index in [-0.39, 0.29) is 105 Å². The van der Waals surface area contributed by atoms with Crippen molar-refractivity contribution in [2.75, 3.05) is 14.2 Å². The van der Waals surface area contributed by atoms with Crippen LogP contribution in [0.5, 0.6) is 23.0 Å². The number of hydrogen-bond donors (Lipinski definition) is 4. The van der Waals surface area contributed by atoms with E-state index >= 15 is 0 Å². The summed E-state index contributed by atoms with van der Waals surface area (Å²) < 4.78 is 82.5. The molecule has 0 aromatic heterocycles. The van der Waals surface area contributed by atoms with Crippen LogP contribution in [0.4, 0.5) is 22.7 Å². The average Bonchev–Trinajstić information content (AvgIpc) is 3.09. The zero-order chi connectivity index (χ0) is 35.8. The smallest absolute Gasteiger partial charge is 0.295 e. The van der Waals surface area contributed by atoms with Gasteiger partial charge in [0.1, 0.15) is 55.5 Å². The maximum absolute atomic E-state index is 12.8. The van der Waals surface area contributed by atoms with Gasteiger partial charge in [-0.05, 0) is 47.2 Å². The van der Waals surface area contributed by atoms with Gasteiger partial charge < -0.3 is 19.7 Å². The standard InChI is InChI=1S/C34H26N4O10S2.2Na/c1-47-29-15-23(31(49(41,42)43)17-25(29)35-37-33-21-9-5-3-7-19(21)11-13-27(33)39)24-16-30(48-2)26(18-32(24)50(44,45)46)36-38-34-22-10-6-4-8-20(22)12-14-28(34)40;;/h3-18,39-40H,1-2H3,(H,41,42,43)(H,44,45,46);;. The summed E-state index contributed by atoms with van der Waals surface area (Å²) in [7, 11) is -7.76. The van der Waals surface area contributed by atoms with Crippen molar-refractivity contribution in [1.82, 2.24) is 0 Å². The van der Waals surface area contributed by atoms with Gasteiger partial charge in [0, 0.05) is 81.0 Å². The Kier molecular flexibility index (Phi) is 12.9. The Hall–Kier alpha value is -3.94. The first-order valence-corrected chi connectivity index (χ1v) is 17.3. The molecule has 6 aromatic carbocycles. The molecule has 0 unspecified atom stereocenters. The summed E-state index contributed by atoms with van der Waals surface area (Å²) in [5.74, 6) is -0.663. The first-order chi connectivity index (χ1) is 23.8. The predicted octanol–water partition coefficient (Wildman–Crippen LogP) is 7.65. The van der Waals surface area contributed by atoms with Crippen molar-refractivity contribution in [3.05, 3.63) is 97.1 Å². The molecule has 6 rings (SSSR count). The molecule has 0 atom stereocenters. The first kappa shape index (κ1) is 40.8. The summed E-state index contributed by atoms with van der Waals surface area (Å²) in [6, 6.07) is 24.2. The molecule has 18 heteroatoms. The third-order valence-corrected chi connectivity index (χ3v) is 9.47. The van der Waals surface area contributed by atoms with Crippen LogP contribution in [-0.2, 0) is 20.2 Å². The fourth-order valence-corrected chi connectivity index (χ4v) is 6.75. The number of hydrogen-bond acceptors (Lipinski definition) is 12. The van der Waals surface area contributed by atoms with Crippen LogP contribution < -0.4 is 9.47 Å². The summed E-state index contributed by atoms with van der Waals surface area (Å²) >= 11 is 0. The molecule has 2 radical (unpaired) electrons. The van der Waals surface area contributed by atoms with Gasteiger partial charge in [-0.1, -0.05) is 60.7 Å². The Morgan fingerprint density at radius 1 is 0.519 bits per heavy atom. The van der Waals surface area contributed by atoms with Gasteiger partial charge in [0.05, 0.1) is 14.2 Å². The van der Waals surface area contributed by atoms with Gasteiger partial charge in [0.2, 0.25) is 0 Å². The number of phenols is 2. The van der Waals surface area contributed by atoms with Gasteiger partial charge in [0.25, 0.3) is 20.2 Å². The summed E-state index contributed by atoms with van der Waals surface area (Å²) in [5.41, 5.74) is -1.12. The van der Waals surface area contributed by atoms with Crippen LogP contribution in [0.15, 0.2) is 127 Å². The SMILES string of the molecule is COc1cc(-c2cc(OC)c(N=Nc3c(O)ccc4ccccc34)cc2S(=O)(=O)O)c(S(=O)(=O)O)cc1N=Nc1c(O)ccc2ccccc12.[Na].[Na]. The number of phenolic OH excluding ortho intramolecular Hbond substituents is 2. The fraction of sp³-hybridized carbons (Fsp3) is 0.0588. The first-order valence-electron chi connectivity index (χ1n) is 14.4. The van der Waals surface area contributed by atoms with Crippen molar-refractivity contribution in [3.8, 4) is 34.1 Å². The van der Waals surface area contributed by atoms with E-state index in [1.54, 1.807) is 60.7 Å². The Bertz CT molecular complexity index is 2440. The molecule has 52 heavy (non-hydrogen) atoms. The Morgan fingerprint density at radius 2 is 0.885 bits per heavy atom. The van der Waals surface area contributed by atoms with Crippen LogP contribution >= 0.6 is 0 Å². The monoisotopic (exact) mass is 760 g/mol. The zero-order valence-electron chi connectivity index (χ0n) is 28.1. The Balaban J connectivity index is 0.00000302. The van der Waals surface area contributed by atoms with E-state index in [2.05, 4.69) is 20.5 Å². The molecule has 0 aliphatic heterocycles. The van der Waals surface area contributed by atoms with Crippen LogP contribution in [0.1, 0.15) is 0 Å². The van der Waals surface area contributed by atoms with Gasteiger partial charge in [-0.3, -0.25) is 9.11 Å². The molecule has 0 saturated heterocycles. The minimum absolute atomic E-state index is 0. The molecule has 14 nitrogen and oxygen atoms in total. The van der Waals surface area contributed by atoms with E-state index in [9.17, 15) is 36.2 Å². The van der Waals surface area contributed by atoms with Gasteiger partial charge >= 0.3 is 0 Å². The molecule has 0 aliphatic rings. The van der Waals surface area contributed by atoms with Crippen LogP contribution in [0, 0.1) is 0 Å². The molecule has 256 valence electrons. The maximum Gasteiger partial charge on any atom is 0.295 e. The Morgan fingerprint density at radius 3 is 1.23 bits per heavy atom. The molecule has 0 fully saturated rings. The molecule has 4 N–H and O–H groups in total. The quantitative estimate of drug-likeness (QED) is 0.0641. The number of rotatable bonds is 9. The van der Waals surface area contributed by atoms with Crippen LogP contribution in [-0.4, -0.2) is 109 Å². The molecular formula is C34H26N4Na2O10S2. The molecule has 0 spiro atoms. The molecule has 0 aliphatic carbocycles. The number of ether oxygens (including phenoxy) is 2. The fourth-order valence-electron chi connectivity index (χ4n) is 5.33. The van der Waals surface area contributed by atoms with E-state index < -0.39 is 41.2 Å². The normalized spacial score (nSPS) is 11.8. The predicted molar refractivity (Wildman–Crippen MR) is 196 cm³/mol. The van der Waals surface area contributed by atoms with E-state index in [0.717, 1.165) is 35.0 Å². The van der Waals surface area contributed by atoms with Gasteiger partial charge in [-0.25, -0.2) is 0 Å². The molecule has 0 bridgehead atoms. The van der Waals surface area contributed by atoms with Crippen molar-refractivity contribution >= 4 is 124 Å². The summed E-state index contributed by atoms with van der Waals surface area (Å²) in [5, 5.41) is 40.0. The molecule has 6 aromatic rings. The van der Waals surface area contributed by atoms with Gasteiger partial charge in [-0.2, -0.15) is 16.8 Å². The van der Waals surface area contributed by atoms with E-state index in [4.69, 9.17) is 9.47 Å². The van der Waals surface area contributed by atoms with Crippen molar-refractivity contribution < 1.29 is 45.6 Å². The number of methoxy groups -OCH3 is 2. The largest absolute Gasteiger partial charge is 0.506 e. The number of aromatic hydroxyl groups is 2. The third kappa shape index (κ3) is 8.31. The van der Waals surface area contributed by atoms with Gasteiger partial charge in [-0.15, -0.1) is 20.5 Å². The van der Waals surface area contributed by atoms with E-state index in [1.165, 1.54) is 26.4 Å². The number of benzene rings is 6. The zero-order valence-corrected chi connectivity index (χ0v) is 33.7. The molecule has 0 saturated carbocycles. The second-order valence-electron chi connectivity index (χ2n) is 10.7. The van der Waals surface area contributed by atoms with Crippen molar-refractivity contribution in [2.45, 2.75) is 9.79 Å². The topological polar surface area (TPSA) is 217 Å². The molecular weight excluding hydrogens is 735 g/mol. The molecule has 0 amide bonds. The van der Waals surface area contributed by atoms with Gasteiger partial charge in [0.15, 0.2) is 0 Å². The molecule has 0 heterocycles. The maximum atomic E-state index is 12.8. The van der Waals surface area contributed by atoms with Crippen molar-refractivity contribution in [1.29, 1.82) is 0 Å². The number of nitrogens with zero attached hydrogens (tertiary/aromatic N) is 4. The number of azo groups is 2. The van der Waals surface area contributed by atoms with E-state index in [1.807, 2.05) is 0 Å². The van der Waals surface area contributed by atoms with Crippen LogP contribution in [0.2, 0.25) is 0 Å². The van der Waals surface area contributed by atoms with Crippen molar-refractivity contribution in [3.63, 3.8) is 0 Å². The minimum atomic E-state index is -5.11. The Labute approximate surface area is 341 Å². The van der Waals surface area contributed by atoms with Crippen LogP contribution in [0.25, 0.3) is 32.7 Å². The van der Waals surface area contributed by atoms with Crippen molar-refractivity contribution in [2.24, 2.45) is 20.5 Å². The summed E-state index contributed by atoms with van der Waals surface area (Å²) in [6.45, 7) is 0. The summed E-state index contributed by atoms with van der Waals surface area (Å²) in [6.07, 6.45) is 0. The second-order valence-corrected chi connectivity index (χ2v) is 13.5. The number of fused-ring (bicyclic) bond motifs is 2. The third-order valence-electron chi connectivity index (χ3n) is 7.68. The average molecular weight is 761 g/mol. The summed E-state index contributed by atoms with van der Waals surface area (Å²) in [4.78, 5) is -1.65. The van der Waals surface area contributed by atoms with E-state index in [0.29, 0.717) is 10.8 Å². The minimum Gasteiger partial charge on any atom is -0.506 e. The van der Waals surface area contributed by atoms with Crippen LogP contribution in [0.3, 0.4) is 0 Å². The second kappa shape index (κ2) is 16.4.